The van der Waals surface area contributed by atoms with E-state index >= 15 is 0 Å². The van der Waals surface area contributed by atoms with Gasteiger partial charge in [-0.15, -0.1) is 0 Å². The summed E-state index contributed by atoms with van der Waals surface area (Å²) < 4.78 is 4.91. The summed E-state index contributed by atoms with van der Waals surface area (Å²) >= 11 is 5.83. The van der Waals surface area contributed by atoms with E-state index in [1.807, 2.05) is 0 Å². The third-order valence-corrected chi connectivity index (χ3v) is 3.58. The van der Waals surface area contributed by atoms with Gasteiger partial charge in [-0.25, -0.2) is 4.98 Å². The van der Waals surface area contributed by atoms with Gasteiger partial charge in [0, 0.05) is 17.8 Å². The van der Waals surface area contributed by atoms with Crippen LogP contribution in [0.4, 0.5) is 5.69 Å². The van der Waals surface area contributed by atoms with Gasteiger partial charge in [0.2, 0.25) is 0 Å². The minimum Gasteiger partial charge on any atom is -0.455 e. The molecule has 0 radical (unpaired) electrons. The predicted octanol–water partition coefficient (Wildman–Crippen LogP) is 2.43. The number of halogens is 1. The summed E-state index contributed by atoms with van der Waals surface area (Å²) in [5.41, 5.74) is 0.833. The molecule has 0 aliphatic carbocycles. The van der Waals surface area contributed by atoms with Gasteiger partial charge in [0.15, 0.2) is 11.8 Å². The van der Waals surface area contributed by atoms with Crippen molar-refractivity contribution in [1.29, 1.82) is 0 Å². The summed E-state index contributed by atoms with van der Waals surface area (Å²) in [6.45, 7) is 1.22. The fourth-order valence-corrected chi connectivity index (χ4v) is 2.23. The Kier molecular flexibility index (Phi) is 7.11. The summed E-state index contributed by atoms with van der Waals surface area (Å²) in [5, 5.41) is 5.33. The second-order valence-electron chi connectivity index (χ2n) is 5.50. The van der Waals surface area contributed by atoms with Crippen LogP contribution in [0.3, 0.4) is 0 Å². The van der Waals surface area contributed by atoms with Crippen LogP contribution in [0.1, 0.15) is 23.7 Å². The van der Waals surface area contributed by atoms with Gasteiger partial charge in [-0.2, -0.15) is 0 Å². The molecule has 8 heteroatoms. The lowest BCUT2D eigenvalue weighted by molar-refractivity contribution is -0.147. The number of anilines is 1. The lowest BCUT2D eigenvalue weighted by Crippen LogP contribution is -2.35. The first kappa shape index (κ1) is 19.4. The zero-order valence-corrected chi connectivity index (χ0v) is 14.8. The summed E-state index contributed by atoms with van der Waals surface area (Å²) in [6, 6.07) is 11.4. The molecule has 2 N–H and O–H groups in total. The lowest BCUT2D eigenvalue weighted by atomic mass is 10.2. The number of pyridine rings is 1. The Morgan fingerprint density at radius 1 is 1.15 bits per heavy atom. The first-order valence-electron chi connectivity index (χ1n) is 7.87. The highest BCUT2D eigenvalue weighted by atomic mass is 35.5. The molecule has 0 aliphatic rings. The van der Waals surface area contributed by atoms with Crippen molar-refractivity contribution in [2.45, 2.75) is 19.4 Å². The van der Waals surface area contributed by atoms with Crippen molar-refractivity contribution in [3.05, 3.63) is 59.4 Å². The first-order valence-corrected chi connectivity index (χ1v) is 8.25. The molecule has 0 saturated carbocycles. The minimum atomic E-state index is -0.599. The van der Waals surface area contributed by atoms with E-state index in [-0.39, 0.29) is 17.5 Å². The van der Waals surface area contributed by atoms with Gasteiger partial charge in [0.1, 0.15) is 0 Å². The van der Waals surface area contributed by atoms with Gasteiger partial charge in [-0.3, -0.25) is 14.4 Å². The lowest BCUT2D eigenvalue weighted by Gasteiger charge is -2.13. The molecule has 0 bridgehead atoms. The standard InChI is InChI=1S/C18H18ClN3O4/c1-12(21-18(25)13-6-3-2-4-7-13)10-16(24)26-11-15(23)22-14-8-5-9-20-17(14)19/h2-9,12H,10-11H2,1H3,(H,21,25)(H,22,23). The summed E-state index contributed by atoms with van der Waals surface area (Å²) in [7, 11) is 0. The Bertz CT molecular complexity index is 783. The average Bonchev–Trinajstić information content (AvgIpc) is 2.62. The van der Waals surface area contributed by atoms with Crippen LogP contribution in [0, 0.1) is 0 Å². The molecule has 7 nitrogen and oxygen atoms in total. The van der Waals surface area contributed by atoms with Crippen LogP contribution < -0.4 is 10.6 Å². The molecule has 0 saturated heterocycles. The largest absolute Gasteiger partial charge is 0.455 e. The molecule has 1 unspecified atom stereocenters. The molecule has 0 fully saturated rings. The third kappa shape index (κ3) is 6.18. The first-order chi connectivity index (χ1) is 12.5. The van der Waals surface area contributed by atoms with E-state index < -0.39 is 24.5 Å². The van der Waals surface area contributed by atoms with Crippen LogP contribution in [-0.2, 0) is 14.3 Å². The molecular formula is C18H18ClN3O4. The zero-order valence-electron chi connectivity index (χ0n) is 14.1. The monoisotopic (exact) mass is 375 g/mol. The highest BCUT2D eigenvalue weighted by molar-refractivity contribution is 6.32. The van der Waals surface area contributed by atoms with E-state index in [9.17, 15) is 14.4 Å². The number of carbonyl (C=O) groups is 3. The van der Waals surface area contributed by atoms with Gasteiger partial charge in [-0.1, -0.05) is 29.8 Å². The fourth-order valence-electron chi connectivity index (χ4n) is 2.07. The van der Waals surface area contributed by atoms with E-state index in [1.165, 1.54) is 6.20 Å². The number of esters is 1. The molecule has 0 spiro atoms. The van der Waals surface area contributed by atoms with Crippen molar-refractivity contribution in [2.24, 2.45) is 0 Å². The molecule has 26 heavy (non-hydrogen) atoms. The number of hydrogen-bond donors (Lipinski definition) is 2. The van der Waals surface area contributed by atoms with E-state index in [0.717, 1.165) is 0 Å². The molecule has 0 aliphatic heterocycles. The average molecular weight is 376 g/mol. The molecule has 2 amide bonds. The number of amides is 2. The number of aromatic nitrogens is 1. The normalized spacial score (nSPS) is 11.3. The van der Waals surface area contributed by atoms with Crippen LogP contribution in [0.2, 0.25) is 5.15 Å². The molecular weight excluding hydrogens is 358 g/mol. The third-order valence-electron chi connectivity index (χ3n) is 3.28. The maximum atomic E-state index is 12.0. The summed E-state index contributed by atoms with van der Waals surface area (Å²) in [6.07, 6.45) is 1.43. The van der Waals surface area contributed by atoms with Gasteiger partial charge in [0.05, 0.1) is 12.1 Å². The number of carbonyl (C=O) groups excluding carboxylic acids is 3. The van der Waals surface area contributed by atoms with Gasteiger partial charge in [-0.05, 0) is 31.2 Å². The van der Waals surface area contributed by atoms with Crippen LogP contribution in [0.25, 0.3) is 0 Å². The zero-order chi connectivity index (χ0) is 18.9. The van der Waals surface area contributed by atoms with Gasteiger partial charge < -0.3 is 15.4 Å². The quantitative estimate of drug-likeness (QED) is 0.572. The Morgan fingerprint density at radius 2 is 1.88 bits per heavy atom. The summed E-state index contributed by atoms with van der Waals surface area (Å²) in [5.74, 6) is -1.41. The minimum absolute atomic E-state index is 0.0560. The molecule has 1 aromatic heterocycles. The molecule has 1 aromatic carbocycles. The van der Waals surface area contributed by atoms with Crippen molar-refractivity contribution in [3.63, 3.8) is 0 Å². The van der Waals surface area contributed by atoms with E-state index in [1.54, 1.807) is 49.4 Å². The number of nitrogens with one attached hydrogen (secondary N) is 2. The number of rotatable bonds is 7. The highest BCUT2D eigenvalue weighted by Crippen LogP contribution is 2.17. The van der Waals surface area contributed by atoms with Crippen LogP contribution in [0.15, 0.2) is 48.7 Å². The second-order valence-corrected chi connectivity index (χ2v) is 5.85. The Morgan fingerprint density at radius 3 is 2.58 bits per heavy atom. The maximum Gasteiger partial charge on any atom is 0.308 e. The number of ether oxygens (including phenoxy) is 1. The molecule has 2 rings (SSSR count). The second kappa shape index (κ2) is 9.53. The van der Waals surface area contributed by atoms with E-state index in [0.29, 0.717) is 11.3 Å². The Labute approximate surface area is 155 Å². The topological polar surface area (TPSA) is 97.4 Å². The Balaban J connectivity index is 1.73. The van der Waals surface area contributed by atoms with Crippen LogP contribution in [-0.4, -0.2) is 35.4 Å². The van der Waals surface area contributed by atoms with Crippen LogP contribution >= 0.6 is 11.6 Å². The van der Waals surface area contributed by atoms with Crippen molar-refractivity contribution in [2.75, 3.05) is 11.9 Å². The number of benzene rings is 1. The molecule has 1 atom stereocenters. The van der Waals surface area contributed by atoms with Gasteiger partial charge >= 0.3 is 5.97 Å². The SMILES string of the molecule is CC(CC(=O)OCC(=O)Nc1cccnc1Cl)NC(=O)c1ccccc1. The van der Waals surface area contributed by atoms with E-state index in [2.05, 4.69) is 15.6 Å². The summed E-state index contributed by atoms with van der Waals surface area (Å²) in [4.78, 5) is 39.4. The van der Waals surface area contributed by atoms with Crippen molar-refractivity contribution < 1.29 is 19.1 Å². The Hall–Kier alpha value is -2.93. The number of nitrogens with zero attached hydrogens (tertiary/aromatic N) is 1. The van der Waals surface area contributed by atoms with Gasteiger partial charge in [0.25, 0.3) is 11.8 Å². The number of hydrogen-bond acceptors (Lipinski definition) is 5. The maximum absolute atomic E-state index is 12.0. The van der Waals surface area contributed by atoms with Crippen molar-refractivity contribution >= 4 is 35.1 Å². The van der Waals surface area contributed by atoms with Crippen molar-refractivity contribution in [1.82, 2.24) is 10.3 Å². The highest BCUT2D eigenvalue weighted by Gasteiger charge is 2.15. The fraction of sp³-hybridized carbons (Fsp3) is 0.222. The molecule has 136 valence electrons. The smallest absolute Gasteiger partial charge is 0.308 e. The van der Waals surface area contributed by atoms with E-state index in [4.69, 9.17) is 16.3 Å². The molecule has 2 aromatic rings. The predicted molar refractivity (Wildman–Crippen MR) is 96.8 cm³/mol. The molecule has 1 heterocycles. The van der Waals surface area contributed by atoms with Crippen molar-refractivity contribution in [3.8, 4) is 0 Å². The van der Waals surface area contributed by atoms with Crippen LogP contribution in [0.5, 0.6) is 0 Å².